The zero-order valence-corrected chi connectivity index (χ0v) is 62.3. The van der Waals surface area contributed by atoms with Gasteiger partial charge in [-0.15, -0.1) is 0 Å². The lowest BCUT2D eigenvalue weighted by Gasteiger charge is -2.21. The second kappa shape index (κ2) is 47.0. The van der Waals surface area contributed by atoms with Crippen LogP contribution in [0.25, 0.3) is 0 Å². The third-order valence-corrected chi connectivity index (χ3v) is 15.1. The molecular weight excluding hydrogens is 1210 g/mol. The van der Waals surface area contributed by atoms with Crippen LogP contribution in [-0.4, -0.2) is 83.5 Å². The number of urea groups is 2. The number of benzene rings is 3. The summed E-state index contributed by atoms with van der Waals surface area (Å²) in [6.45, 7) is 40.6. The Balaban J connectivity index is 0.000000745. The molecule has 0 spiro atoms. The fourth-order valence-corrected chi connectivity index (χ4v) is 10.6. The van der Waals surface area contributed by atoms with Crippen molar-refractivity contribution >= 4 is 87.1 Å². The lowest BCUT2D eigenvalue weighted by atomic mass is 9.89. The monoisotopic (exact) mass is 1340 g/mol. The number of hydrogen-bond donors (Lipinski definition) is 7. The lowest BCUT2D eigenvalue weighted by Crippen LogP contribution is -2.44. The molecule has 0 bridgehead atoms. The predicted octanol–water partition coefficient (Wildman–Crippen LogP) is 17.3. The van der Waals surface area contributed by atoms with Crippen molar-refractivity contribution in [2.75, 3.05) is 33.2 Å². The van der Waals surface area contributed by atoms with Crippen molar-refractivity contribution in [3.63, 3.8) is 0 Å². The SMILES string of the molecule is CC(C)CC(=O)CO[C@H](CC(C)C)C(=O)Nc1ccccc1.CC(C)CC(=O)C[C@@H](CC(C)C)C(=O)Nc1ccc(NC(=O)[C@@H](CC(=O)CC(C)C)CC(C)C)cc1.CC(C)CCC(=O)[C@H](CC(C)C)NC(=O)Nc1cccc(NC(=O)N[C@@H](CC(C)C)C(=O)CCC(C)C)c1. The Kier molecular flexibility index (Phi) is 42.5. The molecule has 0 aliphatic rings. The first-order chi connectivity index (χ1) is 44.9. The molecule has 0 aliphatic carbocycles. The van der Waals surface area contributed by atoms with E-state index in [9.17, 15) is 47.9 Å². The molecule has 0 saturated heterocycles. The van der Waals surface area contributed by atoms with E-state index in [1.807, 2.05) is 141 Å². The van der Waals surface area contributed by atoms with Crippen molar-refractivity contribution in [2.45, 2.75) is 247 Å². The van der Waals surface area contributed by atoms with Crippen molar-refractivity contribution in [1.29, 1.82) is 0 Å². The quantitative estimate of drug-likeness (QED) is 0.0281. The van der Waals surface area contributed by atoms with Gasteiger partial charge >= 0.3 is 12.1 Å². The molecule has 7 amide bonds. The van der Waals surface area contributed by atoms with Gasteiger partial charge in [0.15, 0.2) is 17.3 Å². The standard InChI is InChI=1S/C30H50N4O4.C30H48N2O4.C18H27NO3/c1-19(2)12-14-27(35)25(16-21(5)6)33-29(37)31-23-10-9-11-24(18-23)32-30(38)34-26(17-22(7)8)28(36)15-13-20(3)4;1-19(2)13-23(17-27(33)15-21(5)6)29(35)31-25-9-11-26(12-10-25)32-30(36)24(14-20(3)4)18-28(34)16-22(7)8;1-13(2)10-16(20)12-22-17(11-14(3)4)18(21)19-15-8-6-5-7-9-15/h9-11,18-22,25-26H,12-17H2,1-8H3,(H2,31,33,37)(H2,32,34,38);9-12,19-24H,13-18H2,1-8H3,(H,31,35)(H,32,36);5-9,13-14,17H,10-12H2,1-4H3,(H,19,21)/t25-,26-;23-,24-;17-/m011/s1. The van der Waals surface area contributed by atoms with Gasteiger partial charge in [0, 0.05) is 85.2 Å². The molecule has 96 heavy (non-hydrogen) atoms. The summed E-state index contributed by atoms with van der Waals surface area (Å²) in [6, 6.07) is 21.0. The van der Waals surface area contributed by atoms with Gasteiger partial charge in [-0.05, 0) is 159 Å². The number of nitrogens with one attached hydrogen (secondary N) is 7. The molecule has 0 unspecified atom stereocenters. The van der Waals surface area contributed by atoms with E-state index in [2.05, 4.69) is 64.9 Å². The second-order valence-corrected chi connectivity index (χ2v) is 30.3. The Morgan fingerprint density at radius 2 is 0.656 bits per heavy atom. The van der Waals surface area contributed by atoms with Crippen LogP contribution in [0.1, 0.15) is 228 Å². The van der Waals surface area contributed by atoms with Gasteiger partial charge in [-0.2, -0.15) is 0 Å². The number of Topliss-reactive ketones (excluding diaryl/α,β-unsaturated/α-hetero) is 5. The van der Waals surface area contributed by atoms with Gasteiger partial charge in [-0.3, -0.25) is 38.4 Å². The molecule has 18 heteroatoms. The normalized spacial score (nSPS) is 12.9. The molecule has 0 fully saturated rings. The molecule has 0 heterocycles. The van der Waals surface area contributed by atoms with Crippen LogP contribution in [0.3, 0.4) is 0 Å². The maximum atomic E-state index is 12.9. The van der Waals surface area contributed by atoms with Gasteiger partial charge in [-0.25, -0.2) is 9.59 Å². The van der Waals surface area contributed by atoms with Crippen LogP contribution in [-0.2, 0) is 43.1 Å². The largest absolute Gasteiger partial charge is 0.361 e. The Bertz CT molecular complexity index is 2690. The number of carbonyl (C=O) groups excluding carboxylic acids is 10. The minimum Gasteiger partial charge on any atom is -0.361 e. The van der Waals surface area contributed by atoms with Gasteiger partial charge in [-0.1, -0.05) is 163 Å². The molecule has 0 aromatic heterocycles. The summed E-state index contributed by atoms with van der Waals surface area (Å²) in [5.74, 6) is 2.22. The average Bonchev–Trinajstić information content (AvgIpc) is 1.07. The van der Waals surface area contributed by atoms with Crippen molar-refractivity contribution in [1.82, 2.24) is 10.6 Å². The second-order valence-electron chi connectivity index (χ2n) is 30.3. The molecule has 3 rings (SSSR count). The number of carbonyl (C=O) groups is 10. The Labute approximate surface area is 577 Å². The summed E-state index contributed by atoms with van der Waals surface area (Å²) in [7, 11) is 0. The van der Waals surface area contributed by atoms with Crippen LogP contribution in [0.5, 0.6) is 0 Å². The molecule has 5 atom stereocenters. The van der Waals surface area contributed by atoms with E-state index >= 15 is 0 Å². The van der Waals surface area contributed by atoms with Gasteiger partial charge < -0.3 is 42.0 Å². The van der Waals surface area contributed by atoms with E-state index in [0.29, 0.717) is 122 Å². The summed E-state index contributed by atoms with van der Waals surface area (Å²) >= 11 is 0. The van der Waals surface area contributed by atoms with Crippen LogP contribution in [0.2, 0.25) is 0 Å². The number of ketones is 5. The number of rotatable bonds is 41. The van der Waals surface area contributed by atoms with Crippen molar-refractivity contribution in [2.24, 2.45) is 71.0 Å². The number of amides is 7. The predicted molar refractivity (Wildman–Crippen MR) is 392 cm³/mol. The first-order valence-corrected chi connectivity index (χ1v) is 35.5. The van der Waals surface area contributed by atoms with Gasteiger partial charge in [0.25, 0.3) is 5.91 Å². The first-order valence-electron chi connectivity index (χ1n) is 35.5. The molecule has 7 N–H and O–H groups in total. The summed E-state index contributed by atoms with van der Waals surface area (Å²) in [6.07, 6.45) is 6.82. The fourth-order valence-electron chi connectivity index (χ4n) is 10.6. The van der Waals surface area contributed by atoms with E-state index in [1.54, 1.807) is 48.5 Å². The van der Waals surface area contributed by atoms with E-state index < -0.39 is 30.2 Å². The summed E-state index contributed by atoms with van der Waals surface area (Å²) in [5.41, 5.74) is 2.93. The Morgan fingerprint density at radius 1 is 0.323 bits per heavy atom. The number of para-hydroxylation sites is 1. The third-order valence-electron chi connectivity index (χ3n) is 15.1. The maximum absolute atomic E-state index is 12.9. The Hall–Kier alpha value is -7.08. The molecule has 0 saturated carbocycles. The summed E-state index contributed by atoms with van der Waals surface area (Å²) in [5, 5.41) is 19.9. The number of anilines is 5. The molecular formula is C78H125N7O11. The van der Waals surface area contributed by atoms with Gasteiger partial charge in [0.1, 0.15) is 24.3 Å². The van der Waals surface area contributed by atoms with E-state index in [4.69, 9.17) is 4.74 Å². The number of ether oxygens (including phenoxy) is 1. The van der Waals surface area contributed by atoms with E-state index in [0.717, 1.165) is 18.5 Å². The highest BCUT2D eigenvalue weighted by Gasteiger charge is 2.28. The highest BCUT2D eigenvalue weighted by atomic mass is 16.5. The molecule has 0 aliphatic heterocycles. The third kappa shape index (κ3) is 41.8. The maximum Gasteiger partial charge on any atom is 0.319 e. The van der Waals surface area contributed by atoms with Crippen molar-refractivity contribution in [3.05, 3.63) is 78.9 Å². The minimum atomic E-state index is -0.601. The molecule has 538 valence electrons. The minimum absolute atomic E-state index is 0.00221. The lowest BCUT2D eigenvalue weighted by molar-refractivity contribution is -0.135. The molecule has 3 aromatic carbocycles. The van der Waals surface area contributed by atoms with Crippen LogP contribution >= 0.6 is 0 Å². The van der Waals surface area contributed by atoms with Crippen LogP contribution in [0, 0.1) is 71.0 Å². The van der Waals surface area contributed by atoms with Gasteiger partial charge in [0.05, 0.1) is 12.1 Å². The zero-order chi connectivity index (χ0) is 72.8. The smallest absolute Gasteiger partial charge is 0.319 e. The van der Waals surface area contributed by atoms with Crippen molar-refractivity contribution < 1.29 is 52.7 Å². The van der Waals surface area contributed by atoms with Crippen molar-refractivity contribution in [3.8, 4) is 0 Å². The summed E-state index contributed by atoms with van der Waals surface area (Å²) in [4.78, 5) is 125. The topological polar surface area (TPSA) is 264 Å². The van der Waals surface area contributed by atoms with Crippen LogP contribution < -0.4 is 37.2 Å². The highest BCUT2D eigenvalue weighted by Crippen LogP contribution is 2.25. The van der Waals surface area contributed by atoms with E-state index in [1.165, 1.54) is 0 Å². The van der Waals surface area contributed by atoms with Gasteiger partial charge in [0.2, 0.25) is 11.8 Å². The van der Waals surface area contributed by atoms with Crippen LogP contribution in [0.4, 0.5) is 38.0 Å². The fraction of sp³-hybridized carbons (Fsp3) is 0.641. The van der Waals surface area contributed by atoms with E-state index in [-0.39, 0.29) is 102 Å². The molecule has 3 aromatic rings. The first kappa shape index (κ1) is 86.9. The molecule has 0 radical (unpaired) electrons. The summed E-state index contributed by atoms with van der Waals surface area (Å²) < 4.78 is 5.59. The number of hydrogen-bond acceptors (Lipinski definition) is 11. The zero-order valence-electron chi connectivity index (χ0n) is 62.3. The Morgan fingerprint density at radius 3 is 1.00 bits per heavy atom. The van der Waals surface area contributed by atoms with Crippen LogP contribution in [0.15, 0.2) is 78.9 Å². The molecule has 18 nitrogen and oxygen atoms in total. The average molecular weight is 1340 g/mol. The highest BCUT2D eigenvalue weighted by molar-refractivity contribution is 5.99.